The number of hydrogen-bond acceptors (Lipinski definition) is 6. The van der Waals surface area contributed by atoms with Gasteiger partial charge in [0.15, 0.2) is 0 Å². The molecule has 0 aliphatic rings. The van der Waals surface area contributed by atoms with E-state index in [1.165, 1.54) is 11.3 Å². The Bertz CT molecular complexity index is 743. The molecule has 0 N–H and O–H groups in total. The Morgan fingerprint density at radius 1 is 1.15 bits per heavy atom. The SMILES string of the molecule is CCCN(CCC(=O)OCC)C(=O)c1csc(Cc2ccc(OC)cc2)n1. The van der Waals surface area contributed by atoms with E-state index >= 15 is 0 Å². The molecule has 0 fully saturated rings. The van der Waals surface area contributed by atoms with Crippen molar-refractivity contribution in [1.29, 1.82) is 0 Å². The summed E-state index contributed by atoms with van der Waals surface area (Å²) < 4.78 is 10.1. The van der Waals surface area contributed by atoms with Gasteiger partial charge in [-0.2, -0.15) is 0 Å². The van der Waals surface area contributed by atoms with Crippen LogP contribution in [0.15, 0.2) is 29.6 Å². The maximum absolute atomic E-state index is 12.8. The van der Waals surface area contributed by atoms with E-state index in [2.05, 4.69) is 4.98 Å². The molecule has 2 rings (SSSR count). The van der Waals surface area contributed by atoms with Crippen molar-refractivity contribution >= 4 is 23.2 Å². The maximum atomic E-state index is 12.8. The predicted octanol–water partition coefficient (Wildman–Crippen LogP) is 3.55. The van der Waals surface area contributed by atoms with Crippen molar-refractivity contribution in [3.63, 3.8) is 0 Å². The van der Waals surface area contributed by atoms with Crippen LogP contribution in [-0.4, -0.2) is 48.6 Å². The van der Waals surface area contributed by atoms with Crippen LogP contribution in [0.3, 0.4) is 0 Å². The number of amides is 1. The first-order valence-corrected chi connectivity index (χ1v) is 9.97. The second-order valence-electron chi connectivity index (χ2n) is 6.00. The number of ether oxygens (including phenoxy) is 2. The van der Waals surface area contributed by atoms with Gasteiger partial charge in [0.2, 0.25) is 0 Å². The molecule has 0 unspecified atom stereocenters. The molecule has 0 radical (unpaired) electrons. The quantitative estimate of drug-likeness (QED) is 0.580. The van der Waals surface area contributed by atoms with Crippen LogP contribution in [0, 0.1) is 0 Å². The lowest BCUT2D eigenvalue weighted by molar-refractivity contribution is -0.143. The fourth-order valence-electron chi connectivity index (χ4n) is 2.61. The largest absolute Gasteiger partial charge is 0.497 e. The van der Waals surface area contributed by atoms with Gasteiger partial charge in [-0.1, -0.05) is 19.1 Å². The summed E-state index contributed by atoms with van der Waals surface area (Å²) in [5.74, 6) is 0.383. The molecular formula is C20H26N2O4S. The highest BCUT2D eigenvalue weighted by Gasteiger charge is 2.19. The summed E-state index contributed by atoms with van der Waals surface area (Å²) in [7, 11) is 1.64. The molecule has 6 nitrogen and oxygen atoms in total. The first kappa shape index (κ1) is 20.9. The van der Waals surface area contributed by atoms with Crippen molar-refractivity contribution in [3.8, 4) is 5.75 Å². The third kappa shape index (κ3) is 6.36. The van der Waals surface area contributed by atoms with E-state index < -0.39 is 0 Å². The van der Waals surface area contributed by atoms with Crippen LogP contribution in [0.2, 0.25) is 0 Å². The summed E-state index contributed by atoms with van der Waals surface area (Å²) >= 11 is 1.47. The third-order valence-corrected chi connectivity index (χ3v) is 4.81. The van der Waals surface area contributed by atoms with Crippen LogP contribution in [0.4, 0.5) is 0 Å². The highest BCUT2D eigenvalue weighted by Crippen LogP contribution is 2.18. The number of esters is 1. The van der Waals surface area contributed by atoms with Gasteiger partial charge in [0.1, 0.15) is 11.4 Å². The first-order valence-electron chi connectivity index (χ1n) is 9.09. The van der Waals surface area contributed by atoms with Gasteiger partial charge in [0.25, 0.3) is 5.91 Å². The number of nitrogens with zero attached hydrogens (tertiary/aromatic N) is 2. The van der Waals surface area contributed by atoms with E-state index in [1.54, 1.807) is 24.3 Å². The molecule has 1 heterocycles. The molecule has 0 spiro atoms. The standard InChI is InChI=1S/C20H26N2O4S/c1-4-11-22(12-10-19(23)26-5-2)20(24)17-14-27-18(21-17)13-15-6-8-16(25-3)9-7-15/h6-9,14H,4-5,10-13H2,1-3H3. The van der Waals surface area contributed by atoms with Gasteiger partial charge in [-0.05, 0) is 31.0 Å². The summed E-state index contributed by atoms with van der Waals surface area (Å²) in [6, 6.07) is 7.80. The number of carbonyl (C=O) groups excluding carboxylic acids is 2. The Balaban J connectivity index is 2.00. The molecule has 2 aromatic rings. The third-order valence-electron chi connectivity index (χ3n) is 3.96. The minimum atomic E-state index is -0.287. The Labute approximate surface area is 164 Å². The Hall–Kier alpha value is -2.41. The molecule has 0 saturated heterocycles. The molecule has 1 amide bonds. The molecule has 1 aromatic heterocycles. The van der Waals surface area contributed by atoms with Gasteiger partial charge >= 0.3 is 5.97 Å². The number of benzene rings is 1. The Morgan fingerprint density at radius 3 is 2.52 bits per heavy atom. The van der Waals surface area contributed by atoms with Crippen LogP contribution in [0.5, 0.6) is 5.75 Å². The minimum absolute atomic E-state index is 0.140. The second-order valence-corrected chi connectivity index (χ2v) is 6.94. The van der Waals surface area contributed by atoms with Gasteiger partial charge in [-0.15, -0.1) is 11.3 Å². The molecule has 0 aliphatic heterocycles. The average molecular weight is 391 g/mol. The van der Waals surface area contributed by atoms with Crippen molar-refractivity contribution in [2.45, 2.75) is 33.1 Å². The molecule has 0 saturated carbocycles. The van der Waals surface area contributed by atoms with Crippen LogP contribution in [-0.2, 0) is 16.0 Å². The second kappa shape index (κ2) is 10.7. The molecule has 27 heavy (non-hydrogen) atoms. The summed E-state index contributed by atoms with van der Waals surface area (Å²) in [5.41, 5.74) is 1.54. The Morgan fingerprint density at radius 2 is 1.89 bits per heavy atom. The van der Waals surface area contributed by atoms with Crippen molar-refractivity contribution in [1.82, 2.24) is 9.88 Å². The van der Waals surface area contributed by atoms with Crippen molar-refractivity contribution in [2.24, 2.45) is 0 Å². The predicted molar refractivity (Wildman–Crippen MR) is 105 cm³/mol. The topological polar surface area (TPSA) is 68.7 Å². The molecule has 7 heteroatoms. The molecule has 0 aliphatic carbocycles. The summed E-state index contributed by atoms with van der Waals surface area (Å²) in [4.78, 5) is 30.5. The van der Waals surface area contributed by atoms with E-state index in [1.807, 2.05) is 31.2 Å². The van der Waals surface area contributed by atoms with Gasteiger partial charge in [-0.25, -0.2) is 4.98 Å². The van der Waals surface area contributed by atoms with Gasteiger partial charge < -0.3 is 14.4 Å². The van der Waals surface area contributed by atoms with Crippen LogP contribution >= 0.6 is 11.3 Å². The maximum Gasteiger partial charge on any atom is 0.307 e. The van der Waals surface area contributed by atoms with E-state index in [4.69, 9.17) is 9.47 Å². The van der Waals surface area contributed by atoms with Crippen molar-refractivity contribution in [2.75, 3.05) is 26.8 Å². The lowest BCUT2D eigenvalue weighted by atomic mass is 10.1. The number of methoxy groups -OCH3 is 1. The molecule has 0 bridgehead atoms. The van der Waals surface area contributed by atoms with Crippen molar-refractivity contribution in [3.05, 3.63) is 45.9 Å². The number of aromatic nitrogens is 1. The molecule has 146 valence electrons. The normalized spacial score (nSPS) is 10.5. The highest BCUT2D eigenvalue weighted by atomic mass is 32.1. The summed E-state index contributed by atoms with van der Waals surface area (Å²) in [6.07, 6.45) is 1.68. The molecule has 0 atom stereocenters. The fraction of sp³-hybridized carbons (Fsp3) is 0.450. The molecule has 1 aromatic carbocycles. The number of rotatable bonds is 10. The van der Waals surface area contributed by atoms with Crippen LogP contribution < -0.4 is 4.74 Å². The van der Waals surface area contributed by atoms with Gasteiger partial charge in [0, 0.05) is 24.9 Å². The number of hydrogen-bond donors (Lipinski definition) is 0. The van der Waals surface area contributed by atoms with Crippen LogP contribution in [0.25, 0.3) is 0 Å². The summed E-state index contributed by atoms with van der Waals surface area (Å²) in [6.45, 7) is 5.05. The first-order chi connectivity index (χ1) is 13.1. The minimum Gasteiger partial charge on any atom is -0.497 e. The fourth-order valence-corrected chi connectivity index (χ4v) is 3.42. The van der Waals surface area contributed by atoms with Gasteiger partial charge in [0.05, 0.1) is 25.1 Å². The lowest BCUT2D eigenvalue weighted by Crippen LogP contribution is -2.34. The van der Waals surface area contributed by atoms with E-state index in [9.17, 15) is 9.59 Å². The zero-order valence-electron chi connectivity index (χ0n) is 16.1. The molecular weight excluding hydrogens is 364 g/mol. The van der Waals surface area contributed by atoms with Gasteiger partial charge in [-0.3, -0.25) is 9.59 Å². The zero-order valence-corrected chi connectivity index (χ0v) is 16.9. The summed E-state index contributed by atoms with van der Waals surface area (Å²) in [5, 5.41) is 2.67. The Kier molecular flexibility index (Phi) is 8.26. The number of thiazole rings is 1. The van der Waals surface area contributed by atoms with E-state index in [0.29, 0.717) is 31.8 Å². The zero-order chi connectivity index (χ0) is 19.6. The monoisotopic (exact) mass is 390 g/mol. The highest BCUT2D eigenvalue weighted by molar-refractivity contribution is 7.09. The number of carbonyl (C=O) groups is 2. The average Bonchev–Trinajstić information content (AvgIpc) is 3.14. The van der Waals surface area contributed by atoms with E-state index in [0.717, 1.165) is 22.7 Å². The van der Waals surface area contributed by atoms with Crippen LogP contribution in [0.1, 0.15) is 47.7 Å². The smallest absolute Gasteiger partial charge is 0.307 e. The van der Waals surface area contributed by atoms with Crippen molar-refractivity contribution < 1.29 is 19.1 Å². The van der Waals surface area contributed by atoms with E-state index in [-0.39, 0.29) is 18.3 Å². The lowest BCUT2D eigenvalue weighted by Gasteiger charge is -2.20.